The molecule has 1 amide bonds. The van der Waals surface area contributed by atoms with Crippen LogP contribution in [0.4, 0.5) is 18.9 Å². The molecule has 0 unspecified atom stereocenters. The van der Waals surface area contributed by atoms with E-state index in [1.165, 1.54) is 6.07 Å². The van der Waals surface area contributed by atoms with Crippen molar-refractivity contribution < 1.29 is 18.0 Å². The topological polar surface area (TPSA) is 63.1 Å². The van der Waals surface area contributed by atoms with Gasteiger partial charge in [-0.05, 0) is 55.7 Å². The lowest BCUT2D eigenvalue weighted by atomic mass is 10.0. The summed E-state index contributed by atoms with van der Waals surface area (Å²) < 4.78 is 40.4. The maximum Gasteiger partial charge on any atom is 0.416 e. The van der Waals surface area contributed by atoms with Crippen LogP contribution in [0.5, 0.6) is 0 Å². The Labute approximate surface area is 171 Å². The molecular weight excluding hydrogens is 395 g/mol. The van der Waals surface area contributed by atoms with Crippen molar-refractivity contribution in [2.24, 2.45) is 0 Å². The highest BCUT2D eigenvalue weighted by Crippen LogP contribution is 2.32. The Bertz CT molecular complexity index is 1050. The van der Waals surface area contributed by atoms with Crippen LogP contribution in [0.25, 0.3) is 11.0 Å². The number of rotatable bonds is 4. The summed E-state index contributed by atoms with van der Waals surface area (Å²) >= 11 is 0. The van der Waals surface area contributed by atoms with Crippen LogP contribution >= 0.6 is 0 Å². The third kappa shape index (κ3) is 4.46. The van der Waals surface area contributed by atoms with Gasteiger partial charge in [-0.1, -0.05) is 17.3 Å². The average molecular weight is 417 g/mol. The van der Waals surface area contributed by atoms with Gasteiger partial charge in [0, 0.05) is 18.8 Å². The lowest BCUT2D eigenvalue weighted by Crippen LogP contribution is -2.39. The number of fused-ring (bicyclic) bond motifs is 1. The number of nitrogens with zero attached hydrogens (tertiary/aromatic N) is 4. The molecule has 0 saturated carbocycles. The number of nitrogens with one attached hydrogen (secondary N) is 1. The fraction of sp³-hybridized carbons (Fsp3) is 0.381. The van der Waals surface area contributed by atoms with Gasteiger partial charge < -0.3 is 5.32 Å². The second-order valence-corrected chi connectivity index (χ2v) is 7.66. The summed E-state index contributed by atoms with van der Waals surface area (Å²) in [5, 5.41) is 10.9. The lowest BCUT2D eigenvalue weighted by molar-refractivity contribution is -0.137. The van der Waals surface area contributed by atoms with E-state index < -0.39 is 11.7 Å². The first-order chi connectivity index (χ1) is 14.3. The molecule has 30 heavy (non-hydrogen) atoms. The zero-order valence-electron chi connectivity index (χ0n) is 16.5. The number of halogens is 3. The van der Waals surface area contributed by atoms with E-state index in [9.17, 15) is 18.0 Å². The second kappa shape index (κ2) is 8.06. The highest BCUT2D eigenvalue weighted by atomic mass is 19.4. The molecule has 6 nitrogen and oxygen atoms in total. The molecule has 0 spiro atoms. The quantitative estimate of drug-likeness (QED) is 0.696. The summed E-state index contributed by atoms with van der Waals surface area (Å²) in [5.41, 5.74) is 1.97. The van der Waals surface area contributed by atoms with Gasteiger partial charge in [-0.15, -0.1) is 5.10 Å². The van der Waals surface area contributed by atoms with Crippen LogP contribution < -0.4 is 5.32 Å². The Morgan fingerprint density at radius 3 is 2.63 bits per heavy atom. The van der Waals surface area contributed by atoms with Gasteiger partial charge in [0.1, 0.15) is 5.52 Å². The van der Waals surface area contributed by atoms with Crippen LogP contribution in [0.2, 0.25) is 0 Å². The average Bonchev–Trinajstić information content (AvgIpc) is 3.11. The maximum absolute atomic E-state index is 12.9. The molecule has 0 aliphatic carbocycles. The number of benzene rings is 2. The van der Waals surface area contributed by atoms with E-state index in [0.29, 0.717) is 25.2 Å². The number of hydrogen-bond donors (Lipinski definition) is 1. The van der Waals surface area contributed by atoms with Crippen molar-refractivity contribution in [3.8, 4) is 0 Å². The molecular formula is C21H22F3N5O. The summed E-state index contributed by atoms with van der Waals surface area (Å²) in [5.74, 6) is -0.0649. The van der Waals surface area contributed by atoms with Crippen molar-refractivity contribution in [3.05, 3.63) is 53.6 Å². The van der Waals surface area contributed by atoms with Crippen molar-refractivity contribution in [2.75, 3.05) is 25.0 Å². The number of piperidine rings is 1. The van der Waals surface area contributed by atoms with Crippen molar-refractivity contribution >= 4 is 22.6 Å². The highest BCUT2D eigenvalue weighted by Gasteiger charge is 2.31. The number of likely N-dealkylation sites (tertiary alicyclic amines) is 1. The van der Waals surface area contributed by atoms with E-state index >= 15 is 0 Å². The fourth-order valence-electron chi connectivity index (χ4n) is 3.84. The molecule has 4 rings (SSSR count). The smallest absolute Gasteiger partial charge is 0.325 e. The number of carbonyl (C=O) groups is 1. The first kappa shape index (κ1) is 20.3. The van der Waals surface area contributed by atoms with Crippen LogP contribution in [-0.4, -0.2) is 45.4 Å². The Kier molecular flexibility index (Phi) is 5.46. The molecule has 158 valence electrons. The van der Waals surface area contributed by atoms with E-state index in [1.807, 2.05) is 31.2 Å². The van der Waals surface area contributed by atoms with E-state index in [-0.39, 0.29) is 17.5 Å². The number of carbonyl (C=O) groups excluding carboxylic acids is 1. The fourth-order valence-corrected chi connectivity index (χ4v) is 3.84. The van der Waals surface area contributed by atoms with Gasteiger partial charge in [-0.25, -0.2) is 4.68 Å². The Hall–Kier alpha value is -2.94. The SMILES string of the molecule is Cc1cccc(NC(=O)CN2CCC(n3nnc4cc(C(F)(F)F)ccc43)CC2)c1. The lowest BCUT2D eigenvalue weighted by Gasteiger charge is -2.31. The summed E-state index contributed by atoms with van der Waals surface area (Å²) in [6.07, 6.45) is -2.91. The van der Waals surface area contributed by atoms with E-state index in [1.54, 1.807) is 4.68 Å². The molecule has 2 heterocycles. The van der Waals surface area contributed by atoms with Crippen molar-refractivity contribution in [1.29, 1.82) is 0 Å². The van der Waals surface area contributed by atoms with Crippen LogP contribution in [0.3, 0.4) is 0 Å². The number of amides is 1. The number of alkyl halides is 3. The number of aromatic nitrogens is 3. The Morgan fingerprint density at radius 1 is 1.17 bits per heavy atom. The molecule has 9 heteroatoms. The van der Waals surface area contributed by atoms with Crippen LogP contribution in [0.15, 0.2) is 42.5 Å². The summed E-state index contributed by atoms with van der Waals surface area (Å²) in [4.78, 5) is 14.4. The third-order valence-electron chi connectivity index (χ3n) is 5.37. The zero-order chi connectivity index (χ0) is 21.3. The molecule has 2 aromatic carbocycles. The predicted molar refractivity (Wildman–Crippen MR) is 107 cm³/mol. The molecule has 1 aliphatic heterocycles. The molecule has 1 fully saturated rings. The summed E-state index contributed by atoms with van der Waals surface area (Å²) in [7, 11) is 0. The Morgan fingerprint density at radius 2 is 1.93 bits per heavy atom. The monoisotopic (exact) mass is 417 g/mol. The molecule has 3 aromatic rings. The minimum absolute atomic E-state index is 0.0443. The maximum atomic E-state index is 12.9. The molecule has 0 radical (unpaired) electrons. The minimum Gasteiger partial charge on any atom is -0.325 e. The normalized spacial score (nSPS) is 16.1. The van der Waals surface area contributed by atoms with Crippen LogP contribution in [0.1, 0.15) is 30.0 Å². The van der Waals surface area contributed by atoms with Gasteiger partial charge in [0.15, 0.2) is 0 Å². The van der Waals surface area contributed by atoms with Gasteiger partial charge in [0.2, 0.25) is 5.91 Å². The van der Waals surface area contributed by atoms with E-state index in [2.05, 4.69) is 20.5 Å². The number of anilines is 1. The second-order valence-electron chi connectivity index (χ2n) is 7.66. The third-order valence-corrected chi connectivity index (χ3v) is 5.37. The zero-order valence-corrected chi connectivity index (χ0v) is 16.5. The van der Waals surface area contributed by atoms with Gasteiger partial charge in [0.25, 0.3) is 0 Å². The van der Waals surface area contributed by atoms with Crippen LogP contribution in [0, 0.1) is 6.92 Å². The molecule has 1 aromatic heterocycles. The van der Waals surface area contributed by atoms with Crippen molar-refractivity contribution in [1.82, 2.24) is 19.9 Å². The molecule has 1 aliphatic rings. The number of aryl methyl sites for hydroxylation is 1. The van der Waals surface area contributed by atoms with Crippen molar-refractivity contribution in [2.45, 2.75) is 32.0 Å². The standard InChI is InChI=1S/C21H22F3N5O/c1-14-3-2-4-16(11-14)25-20(30)13-28-9-7-17(8-10-28)29-19-6-5-15(21(22,23)24)12-18(19)26-27-29/h2-6,11-12,17H,7-10,13H2,1H3,(H,25,30). The molecule has 1 N–H and O–H groups in total. The van der Waals surface area contributed by atoms with Gasteiger partial charge in [-0.3, -0.25) is 9.69 Å². The first-order valence-corrected chi connectivity index (χ1v) is 9.80. The Balaban J connectivity index is 1.36. The minimum atomic E-state index is -4.40. The van der Waals surface area contributed by atoms with Gasteiger partial charge in [-0.2, -0.15) is 13.2 Å². The number of hydrogen-bond acceptors (Lipinski definition) is 4. The van der Waals surface area contributed by atoms with Crippen molar-refractivity contribution in [3.63, 3.8) is 0 Å². The summed E-state index contributed by atoms with van der Waals surface area (Å²) in [6.45, 7) is 3.67. The predicted octanol–water partition coefficient (Wildman–Crippen LogP) is 4.03. The molecule has 0 atom stereocenters. The summed E-state index contributed by atoms with van der Waals surface area (Å²) in [6, 6.07) is 11.2. The molecule has 0 bridgehead atoms. The van der Waals surface area contributed by atoms with Gasteiger partial charge >= 0.3 is 6.18 Å². The highest BCUT2D eigenvalue weighted by molar-refractivity contribution is 5.92. The van der Waals surface area contributed by atoms with E-state index in [0.717, 1.165) is 36.2 Å². The van der Waals surface area contributed by atoms with Gasteiger partial charge in [0.05, 0.1) is 23.7 Å². The largest absolute Gasteiger partial charge is 0.416 e. The first-order valence-electron chi connectivity index (χ1n) is 9.80. The van der Waals surface area contributed by atoms with E-state index in [4.69, 9.17) is 0 Å². The van der Waals surface area contributed by atoms with Crippen LogP contribution in [-0.2, 0) is 11.0 Å². The molecule has 1 saturated heterocycles.